The highest BCUT2D eigenvalue weighted by Crippen LogP contribution is 2.18. The molecule has 1 aliphatic rings. The van der Waals surface area contributed by atoms with Crippen molar-refractivity contribution in [1.82, 2.24) is 25.1 Å². The number of nitrogens with zero attached hydrogens (tertiary/aromatic N) is 5. The zero-order chi connectivity index (χ0) is 16.2. The van der Waals surface area contributed by atoms with E-state index in [0.717, 1.165) is 55.5 Å². The molecule has 124 valence electrons. The second-order valence-electron chi connectivity index (χ2n) is 6.39. The van der Waals surface area contributed by atoms with Crippen LogP contribution in [0, 0.1) is 6.92 Å². The highest BCUT2D eigenvalue weighted by Gasteiger charge is 2.20. The third-order valence-electron chi connectivity index (χ3n) is 4.20. The fourth-order valence-corrected chi connectivity index (χ4v) is 2.90. The zero-order valence-corrected chi connectivity index (χ0v) is 14.1. The highest BCUT2D eigenvalue weighted by molar-refractivity contribution is 5.47. The number of nitrogens with one attached hydrogen (secondary N) is 2. The molecule has 0 unspecified atom stereocenters. The van der Waals surface area contributed by atoms with Gasteiger partial charge in [-0.1, -0.05) is 0 Å². The minimum atomic E-state index is 0.470. The molecule has 2 N–H and O–H groups in total. The molecule has 23 heavy (non-hydrogen) atoms. The van der Waals surface area contributed by atoms with Gasteiger partial charge >= 0.3 is 0 Å². The summed E-state index contributed by atoms with van der Waals surface area (Å²) in [5, 5.41) is 10.9. The van der Waals surface area contributed by atoms with Crippen molar-refractivity contribution in [3.63, 3.8) is 0 Å². The first kappa shape index (κ1) is 15.7. The molecule has 0 bridgehead atoms. The molecule has 0 atom stereocenters. The van der Waals surface area contributed by atoms with E-state index in [1.165, 1.54) is 0 Å². The van der Waals surface area contributed by atoms with Gasteiger partial charge in [0.2, 0.25) is 0 Å². The molecule has 2 aromatic heterocycles. The Hall–Kier alpha value is -2.15. The first-order chi connectivity index (χ1) is 11.1. The maximum absolute atomic E-state index is 4.33. The van der Waals surface area contributed by atoms with Crippen molar-refractivity contribution in [3.05, 3.63) is 29.8 Å². The van der Waals surface area contributed by atoms with Crippen molar-refractivity contribution in [2.75, 3.05) is 37.4 Å². The lowest BCUT2D eigenvalue weighted by Crippen LogP contribution is -2.38. The van der Waals surface area contributed by atoms with Crippen molar-refractivity contribution in [3.8, 4) is 0 Å². The van der Waals surface area contributed by atoms with E-state index in [9.17, 15) is 0 Å². The molecule has 3 rings (SSSR count). The number of hydrogen-bond donors (Lipinski definition) is 2. The van der Waals surface area contributed by atoms with Crippen molar-refractivity contribution in [2.24, 2.45) is 0 Å². The maximum Gasteiger partial charge on any atom is 0.133 e. The number of rotatable bonds is 5. The molecular weight excluding hydrogens is 290 g/mol. The van der Waals surface area contributed by atoms with Gasteiger partial charge in [-0.15, -0.1) is 0 Å². The second kappa shape index (κ2) is 6.95. The first-order valence-corrected chi connectivity index (χ1v) is 8.09. The predicted octanol–water partition coefficient (Wildman–Crippen LogP) is 1.65. The number of aromatic nitrogens is 4. The molecule has 0 spiro atoms. The monoisotopic (exact) mass is 315 g/mol. The van der Waals surface area contributed by atoms with E-state index in [-0.39, 0.29) is 0 Å². The van der Waals surface area contributed by atoms with E-state index in [1.807, 2.05) is 32.0 Å². The molecule has 1 aliphatic heterocycles. The molecule has 0 aliphatic carbocycles. The first-order valence-electron chi connectivity index (χ1n) is 8.09. The van der Waals surface area contributed by atoms with Crippen LogP contribution >= 0.6 is 0 Å². The second-order valence-corrected chi connectivity index (χ2v) is 6.39. The third kappa shape index (κ3) is 4.19. The van der Waals surface area contributed by atoms with E-state index in [4.69, 9.17) is 0 Å². The van der Waals surface area contributed by atoms with Crippen molar-refractivity contribution in [2.45, 2.75) is 32.4 Å². The van der Waals surface area contributed by atoms with Crippen molar-refractivity contribution >= 4 is 11.6 Å². The van der Waals surface area contributed by atoms with Crippen LogP contribution in [-0.4, -0.2) is 58.3 Å². The van der Waals surface area contributed by atoms with Crippen LogP contribution in [0.25, 0.3) is 0 Å². The van der Waals surface area contributed by atoms with Crippen molar-refractivity contribution in [1.29, 1.82) is 0 Å². The summed E-state index contributed by atoms with van der Waals surface area (Å²) in [5.41, 5.74) is 2.25. The molecule has 7 nitrogen and oxygen atoms in total. The number of anilines is 2. The maximum atomic E-state index is 4.33. The summed E-state index contributed by atoms with van der Waals surface area (Å²) >= 11 is 0. The van der Waals surface area contributed by atoms with Crippen LogP contribution in [0.15, 0.2) is 18.5 Å². The molecule has 7 heteroatoms. The summed E-state index contributed by atoms with van der Waals surface area (Å²) in [4.78, 5) is 13.0. The van der Waals surface area contributed by atoms with Crippen LogP contribution in [0.4, 0.5) is 11.6 Å². The van der Waals surface area contributed by atoms with Gasteiger partial charge < -0.3 is 10.2 Å². The number of aromatic amines is 1. The Morgan fingerprint density at radius 2 is 2.04 bits per heavy atom. The number of likely N-dealkylation sites (tertiary alicyclic amines) is 1. The number of hydrogen-bond acceptors (Lipinski definition) is 6. The highest BCUT2D eigenvalue weighted by atomic mass is 15.2. The standard InChI is InChI=1S/C16H25N7/c1-12-8-14(21-20-12)10-23-6-4-13(5-7-23)19-15-9-16(22(2)3)18-11-17-15/h8-9,11,13H,4-7,10H2,1-3H3,(H,20,21)(H,17,18,19). The van der Waals surface area contributed by atoms with Gasteiger partial charge in [0.05, 0.1) is 5.69 Å². The summed E-state index contributed by atoms with van der Waals surface area (Å²) in [5.74, 6) is 1.83. The van der Waals surface area contributed by atoms with Gasteiger partial charge in [-0.25, -0.2) is 9.97 Å². The van der Waals surface area contributed by atoms with E-state index in [0.29, 0.717) is 6.04 Å². The molecule has 3 heterocycles. The van der Waals surface area contributed by atoms with Crippen LogP contribution in [-0.2, 0) is 6.54 Å². The molecule has 1 saturated heterocycles. The van der Waals surface area contributed by atoms with Crippen LogP contribution in [0.1, 0.15) is 24.2 Å². The topological polar surface area (TPSA) is 73.0 Å². The number of piperidine rings is 1. The Balaban J connectivity index is 1.50. The van der Waals surface area contributed by atoms with E-state index in [2.05, 4.69) is 36.4 Å². The molecule has 0 radical (unpaired) electrons. The SMILES string of the molecule is Cc1cc(CN2CCC(Nc3cc(N(C)C)ncn3)CC2)n[nH]1. The molecule has 2 aromatic rings. The normalized spacial score (nSPS) is 16.5. The lowest BCUT2D eigenvalue weighted by Gasteiger charge is -2.32. The fraction of sp³-hybridized carbons (Fsp3) is 0.562. The van der Waals surface area contributed by atoms with Gasteiger partial charge in [0.1, 0.15) is 18.0 Å². The van der Waals surface area contributed by atoms with Crippen LogP contribution < -0.4 is 10.2 Å². The van der Waals surface area contributed by atoms with Gasteiger partial charge in [0.15, 0.2) is 0 Å². The summed E-state index contributed by atoms with van der Waals surface area (Å²) in [6.07, 6.45) is 3.85. The Bertz CT molecular complexity index is 629. The molecule has 0 saturated carbocycles. The third-order valence-corrected chi connectivity index (χ3v) is 4.20. The molecular formula is C16H25N7. The number of H-pyrrole nitrogens is 1. The zero-order valence-electron chi connectivity index (χ0n) is 14.1. The Kier molecular flexibility index (Phi) is 4.76. The van der Waals surface area contributed by atoms with Gasteiger partial charge in [0, 0.05) is 51.5 Å². The quantitative estimate of drug-likeness (QED) is 0.874. The molecule has 0 aromatic carbocycles. The average Bonchev–Trinajstić information content (AvgIpc) is 2.94. The molecule has 1 fully saturated rings. The fourth-order valence-electron chi connectivity index (χ4n) is 2.90. The van der Waals surface area contributed by atoms with Crippen LogP contribution in [0.2, 0.25) is 0 Å². The average molecular weight is 315 g/mol. The predicted molar refractivity (Wildman–Crippen MR) is 91.6 cm³/mol. The lowest BCUT2D eigenvalue weighted by atomic mass is 10.0. The largest absolute Gasteiger partial charge is 0.367 e. The Morgan fingerprint density at radius 3 is 2.70 bits per heavy atom. The number of aryl methyl sites for hydroxylation is 1. The summed E-state index contributed by atoms with van der Waals surface area (Å²) in [7, 11) is 3.97. The van der Waals surface area contributed by atoms with E-state index < -0.39 is 0 Å². The summed E-state index contributed by atoms with van der Waals surface area (Å²) < 4.78 is 0. The van der Waals surface area contributed by atoms with E-state index in [1.54, 1.807) is 6.33 Å². The van der Waals surface area contributed by atoms with Gasteiger partial charge in [0.25, 0.3) is 0 Å². The Morgan fingerprint density at radius 1 is 1.26 bits per heavy atom. The van der Waals surface area contributed by atoms with E-state index >= 15 is 0 Å². The molecule has 0 amide bonds. The van der Waals surface area contributed by atoms with Crippen molar-refractivity contribution < 1.29 is 0 Å². The smallest absolute Gasteiger partial charge is 0.133 e. The van der Waals surface area contributed by atoms with Gasteiger partial charge in [-0.2, -0.15) is 5.10 Å². The van der Waals surface area contributed by atoms with Crippen LogP contribution in [0.5, 0.6) is 0 Å². The van der Waals surface area contributed by atoms with Gasteiger partial charge in [-0.05, 0) is 25.8 Å². The summed E-state index contributed by atoms with van der Waals surface area (Å²) in [6, 6.07) is 4.59. The summed E-state index contributed by atoms with van der Waals surface area (Å²) in [6.45, 7) is 5.12. The minimum Gasteiger partial charge on any atom is -0.367 e. The lowest BCUT2D eigenvalue weighted by molar-refractivity contribution is 0.209. The minimum absolute atomic E-state index is 0.470. The Labute approximate surface area is 137 Å². The van der Waals surface area contributed by atoms with Crippen LogP contribution in [0.3, 0.4) is 0 Å². The van der Waals surface area contributed by atoms with Gasteiger partial charge in [-0.3, -0.25) is 10.00 Å².